The van der Waals surface area contributed by atoms with Crippen molar-refractivity contribution in [3.8, 4) is 0 Å². The molecular formula is C17H26N2O2S. The minimum Gasteiger partial charge on any atom is -0.396 e. The van der Waals surface area contributed by atoms with E-state index in [4.69, 9.17) is 5.11 Å². The lowest BCUT2D eigenvalue weighted by atomic mass is 9.73. The average molecular weight is 322 g/mol. The van der Waals surface area contributed by atoms with Crippen molar-refractivity contribution in [2.24, 2.45) is 5.41 Å². The van der Waals surface area contributed by atoms with Crippen molar-refractivity contribution in [3.05, 3.63) is 23.9 Å². The summed E-state index contributed by atoms with van der Waals surface area (Å²) in [5.41, 5.74) is 1.27. The first kappa shape index (κ1) is 17.3. The van der Waals surface area contributed by atoms with E-state index in [2.05, 4.69) is 17.2 Å². The standard InChI is InChI=1S/C17H26N2O2S/c1-17(6-3-2-4-7-17)12-16(21)19-15-11-14(5-8-18-15)13-22-10-9-20/h5,8,11,20H,2-4,6-7,9-10,12-13H2,1H3,(H,18,19,21). The highest BCUT2D eigenvalue weighted by Crippen LogP contribution is 2.38. The Balaban J connectivity index is 1.86. The molecular weight excluding hydrogens is 296 g/mol. The maximum absolute atomic E-state index is 12.3. The normalized spacial score (nSPS) is 17.2. The summed E-state index contributed by atoms with van der Waals surface area (Å²) in [6.45, 7) is 2.42. The van der Waals surface area contributed by atoms with Crippen LogP contribution in [0.4, 0.5) is 5.82 Å². The Morgan fingerprint density at radius 1 is 1.41 bits per heavy atom. The first-order valence-electron chi connectivity index (χ1n) is 8.05. The SMILES string of the molecule is CC1(CC(=O)Nc2cc(CSCCO)ccn2)CCCCC1. The van der Waals surface area contributed by atoms with Crippen LogP contribution in [0.5, 0.6) is 0 Å². The number of hydrogen-bond acceptors (Lipinski definition) is 4. The molecule has 1 aliphatic rings. The molecule has 0 saturated heterocycles. The number of carbonyl (C=O) groups excluding carboxylic acids is 1. The van der Waals surface area contributed by atoms with Crippen molar-refractivity contribution >= 4 is 23.5 Å². The number of rotatable bonds is 7. The molecule has 2 rings (SSSR count). The summed E-state index contributed by atoms with van der Waals surface area (Å²) in [4.78, 5) is 16.5. The molecule has 2 N–H and O–H groups in total. The van der Waals surface area contributed by atoms with Gasteiger partial charge in [-0.15, -0.1) is 0 Å². The van der Waals surface area contributed by atoms with Gasteiger partial charge in [0.2, 0.25) is 5.91 Å². The molecule has 0 radical (unpaired) electrons. The van der Waals surface area contributed by atoms with E-state index in [9.17, 15) is 4.79 Å². The zero-order valence-corrected chi connectivity index (χ0v) is 14.1. The van der Waals surface area contributed by atoms with Crippen LogP contribution >= 0.6 is 11.8 Å². The second kappa shape index (κ2) is 8.53. The average Bonchev–Trinajstić information content (AvgIpc) is 2.48. The highest BCUT2D eigenvalue weighted by molar-refractivity contribution is 7.98. The predicted molar refractivity (Wildman–Crippen MR) is 91.9 cm³/mol. The molecule has 1 saturated carbocycles. The molecule has 1 aliphatic carbocycles. The second-order valence-corrected chi connectivity index (χ2v) is 7.53. The number of hydrogen-bond donors (Lipinski definition) is 2. The number of nitrogens with one attached hydrogen (secondary N) is 1. The Bertz CT molecular complexity index is 487. The number of thioether (sulfide) groups is 1. The molecule has 5 heteroatoms. The zero-order valence-electron chi connectivity index (χ0n) is 13.3. The summed E-state index contributed by atoms with van der Waals surface area (Å²) in [6, 6.07) is 3.87. The minimum atomic E-state index is 0.0667. The first-order chi connectivity index (χ1) is 10.6. The van der Waals surface area contributed by atoms with Crippen molar-refractivity contribution in [1.29, 1.82) is 0 Å². The largest absolute Gasteiger partial charge is 0.396 e. The fourth-order valence-electron chi connectivity index (χ4n) is 3.04. The molecule has 0 aliphatic heterocycles. The molecule has 1 amide bonds. The van der Waals surface area contributed by atoms with Crippen LogP contribution in [-0.4, -0.2) is 28.4 Å². The highest BCUT2D eigenvalue weighted by Gasteiger charge is 2.29. The monoisotopic (exact) mass is 322 g/mol. The maximum atomic E-state index is 12.3. The molecule has 1 heterocycles. The Morgan fingerprint density at radius 3 is 2.91 bits per heavy atom. The van der Waals surface area contributed by atoms with E-state index >= 15 is 0 Å². The van der Waals surface area contributed by atoms with Crippen molar-refractivity contribution in [3.63, 3.8) is 0 Å². The van der Waals surface area contributed by atoms with Gasteiger partial charge in [0.05, 0.1) is 6.61 Å². The summed E-state index contributed by atoms with van der Waals surface area (Å²) in [7, 11) is 0. The van der Waals surface area contributed by atoms with E-state index in [1.807, 2.05) is 12.1 Å². The fraction of sp³-hybridized carbons (Fsp3) is 0.647. The summed E-state index contributed by atoms with van der Waals surface area (Å²) in [5, 5.41) is 11.7. The van der Waals surface area contributed by atoms with Gasteiger partial charge in [-0.05, 0) is 36.0 Å². The second-order valence-electron chi connectivity index (χ2n) is 6.42. The van der Waals surface area contributed by atoms with Gasteiger partial charge in [-0.1, -0.05) is 26.2 Å². The van der Waals surface area contributed by atoms with Gasteiger partial charge in [-0.2, -0.15) is 11.8 Å². The molecule has 0 spiro atoms. The van der Waals surface area contributed by atoms with Crippen molar-refractivity contribution in [1.82, 2.24) is 4.98 Å². The van der Waals surface area contributed by atoms with Gasteiger partial charge in [0.1, 0.15) is 5.82 Å². The van der Waals surface area contributed by atoms with Crippen LogP contribution in [0.2, 0.25) is 0 Å². The number of aromatic nitrogens is 1. The summed E-state index contributed by atoms with van der Waals surface area (Å²) < 4.78 is 0. The van der Waals surface area contributed by atoms with Crippen LogP contribution in [0.1, 0.15) is 51.0 Å². The lowest BCUT2D eigenvalue weighted by molar-refractivity contribution is -0.118. The van der Waals surface area contributed by atoms with E-state index in [-0.39, 0.29) is 17.9 Å². The number of aliphatic hydroxyl groups is 1. The number of pyridine rings is 1. The number of anilines is 1. The van der Waals surface area contributed by atoms with E-state index in [0.29, 0.717) is 12.2 Å². The molecule has 1 aromatic heterocycles. The van der Waals surface area contributed by atoms with Gasteiger partial charge in [-0.3, -0.25) is 4.79 Å². The molecule has 0 unspecified atom stereocenters. The van der Waals surface area contributed by atoms with E-state index in [0.717, 1.165) is 29.9 Å². The highest BCUT2D eigenvalue weighted by atomic mass is 32.2. The van der Waals surface area contributed by atoms with Crippen LogP contribution in [0, 0.1) is 5.41 Å². The number of amides is 1. The summed E-state index contributed by atoms with van der Waals surface area (Å²) in [5.74, 6) is 2.25. The Labute approximate surface area is 137 Å². The van der Waals surface area contributed by atoms with Gasteiger partial charge < -0.3 is 10.4 Å². The third-order valence-electron chi connectivity index (χ3n) is 4.24. The van der Waals surface area contributed by atoms with Gasteiger partial charge >= 0.3 is 0 Å². The molecule has 1 fully saturated rings. The van der Waals surface area contributed by atoms with E-state index < -0.39 is 0 Å². The number of aliphatic hydroxyl groups excluding tert-OH is 1. The van der Waals surface area contributed by atoms with Crippen molar-refractivity contribution < 1.29 is 9.90 Å². The zero-order chi connectivity index (χ0) is 15.8. The molecule has 122 valence electrons. The van der Waals surface area contributed by atoms with Crippen molar-refractivity contribution in [2.75, 3.05) is 17.7 Å². The molecule has 22 heavy (non-hydrogen) atoms. The smallest absolute Gasteiger partial charge is 0.226 e. The van der Waals surface area contributed by atoms with Crippen LogP contribution in [-0.2, 0) is 10.5 Å². The van der Waals surface area contributed by atoms with Gasteiger partial charge in [0.25, 0.3) is 0 Å². The predicted octanol–water partition coefficient (Wildman–Crippen LogP) is 3.61. The van der Waals surface area contributed by atoms with Crippen LogP contribution in [0.25, 0.3) is 0 Å². The Morgan fingerprint density at radius 2 is 2.18 bits per heavy atom. The van der Waals surface area contributed by atoms with Gasteiger partial charge in [0.15, 0.2) is 0 Å². The Hall–Kier alpha value is -1.07. The molecule has 0 atom stereocenters. The fourth-order valence-corrected chi connectivity index (χ4v) is 3.73. The summed E-state index contributed by atoms with van der Waals surface area (Å²) in [6.07, 6.45) is 8.37. The third kappa shape index (κ3) is 5.61. The Kier molecular flexibility index (Phi) is 6.70. The van der Waals surface area contributed by atoms with E-state index in [1.54, 1.807) is 18.0 Å². The lowest BCUT2D eigenvalue weighted by Gasteiger charge is -2.32. The molecule has 4 nitrogen and oxygen atoms in total. The number of nitrogens with zero attached hydrogens (tertiary/aromatic N) is 1. The topological polar surface area (TPSA) is 62.2 Å². The number of carbonyl (C=O) groups is 1. The van der Waals surface area contributed by atoms with Gasteiger partial charge in [0, 0.05) is 24.1 Å². The first-order valence-corrected chi connectivity index (χ1v) is 9.20. The van der Waals surface area contributed by atoms with Crippen LogP contribution in [0.3, 0.4) is 0 Å². The maximum Gasteiger partial charge on any atom is 0.226 e. The van der Waals surface area contributed by atoms with Crippen LogP contribution in [0.15, 0.2) is 18.3 Å². The van der Waals surface area contributed by atoms with E-state index in [1.165, 1.54) is 19.3 Å². The summed E-state index contributed by atoms with van der Waals surface area (Å²) >= 11 is 1.67. The third-order valence-corrected chi connectivity index (χ3v) is 5.25. The molecule has 0 bridgehead atoms. The lowest BCUT2D eigenvalue weighted by Crippen LogP contribution is -2.27. The minimum absolute atomic E-state index is 0.0667. The molecule has 0 aromatic carbocycles. The molecule has 1 aromatic rings. The van der Waals surface area contributed by atoms with Gasteiger partial charge in [-0.25, -0.2) is 4.98 Å². The van der Waals surface area contributed by atoms with Crippen molar-refractivity contribution in [2.45, 2.75) is 51.2 Å². The quantitative estimate of drug-likeness (QED) is 0.753. The van der Waals surface area contributed by atoms with Crippen LogP contribution < -0.4 is 5.32 Å².